The molecule has 0 atom stereocenters. The van der Waals surface area contributed by atoms with Crippen molar-refractivity contribution < 1.29 is 17.0 Å². The zero-order chi connectivity index (χ0) is 4.83. The van der Waals surface area contributed by atoms with Crippen LogP contribution in [0.5, 0.6) is 0 Å². The third-order valence-electron chi connectivity index (χ3n) is 0.957. The Morgan fingerprint density at radius 1 is 0.889 bits per heavy atom. The first-order valence-corrected chi connectivity index (χ1v) is 2.91. The van der Waals surface area contributed by atoms with Crippen LogP contribution in [0.15, 0.2) is 0 Å². The van der Waals surface area contributed by atoms with Crippen LogP contribution in [0.4, 0.5) is 0 Å². The SMILES string of the molecule is CCCCCC.[Br-].[CH3-].[Mg+2]. The van der Waals surface area contributed by atoms with Gasteiger partial charge in [-0.15, -0.1) is 0 Å². The molecule has 0 heterocycles. The van der Waals surface area contributed by atoms with Gasteiger partial charge in [-0.05, 0) is 0 Å². The zero-order valence-corrected chi connectivity index (χ0v) is 9.91. The summed E-state index contributed by atoms with van der Waals surface area (Å²) in [5.41, 5.74) is 0. The third kappa shape index (κ3) is 26.9. The maximum atomic E-state index is 2.23. The summed E-state index contributed by atoms with van der Waals surface area (Å²) in [5, 5.41) is 0. The summed E-state index contributed by atoms with van der Waals surface area (Å²) >= 11 is 0. The molecule has 2 heteroatoms. The van der Waals surface area contributed by atoms with E-state index in [-0.39, 0.29) is 47.5 Å². The van der Waals surface area contributed by atoms with E-state index in [1.165, 1.54) is 25.7 Å². The van der Waals surface area contributed by atoms with Gasteiger partial charge in [-0.1, -0.05) is 39.5 Å². The molecule has 0 bridgehead atoms. The largest absolute Gasteiger partial charge is 2.00 e. The van der Waals surface area contributed by atoms with Crippen LogP contribution >= 0.6 is 0 Å². The van der Waals surface area contributed by atoms with Crippen LogP contribution < -0.4 is 17.0 Å². The third-order valence-corrected chi connectivity index (χ3v) is 0.957. The van der Waals surface area contributed by atoms with Gasteiger partial charge in [0.2, 0.25) is 0 Å². The average molecular weight is 205 g/mol. The fourth-order valence-electron chi connectivity index (χ4n) is 0.500. The summed E-state index contributed by atoms with van der Waals surface area (Å²) in [4.78, 5) is 0. The number of halogens is 1. The van der Waals surface area contributed by atoms with Crippen LogP contribution in [0, 0.1) is 7.43 Å². The second kappa shape index (κ2) is 22.8. The molecular formula is C7H17BrMg. The molecule has 0 saturated carbocycles. The smallest absolute Gasteiger partial charge is 1.00 e. The fourth-order valence-corrected chi connectivity index (χ4v) is 0.500. The maximum Gasteiger partial charge on any atom is 2.00 e. The minimum absolute atomic E-state index is 0. The molecule has 0 aliphatic heterocycles. The second-order valence-corrected chi connectivity index (χ2v) is 1.71. The van der Waals surface area contributed by atoms with Gasteiger partial charge in [0.1, 0.15) is 0 Å². The molecule has 0 aromatic rings. The summed E-state index contributed by atoms with van der Waals surface area (Å²) in [5.74, 6) is 0. The molecule has 0 aromatic heterocycles. The molecule has 0 aliphatic carbocycles. The minimum Gasteiger partial charge on any atom is -1.00 e. The van der Waals surface area contributed by atoms with Gasteiger partial charge in [0.05, 0.1) is 0 Å². The molecule has 0 saturated heterocycles. The van der Waals surface area contributed by atoms with Crippen molar-refractivity contribution in [3.8, 4) is 0 Å². The standard InChI is InChI=1S/C6H14.CH3.BrH.Mg/c1-3-5-6-4-2;;;/h3-6H2,1-2H3;1H3;1H;/q;-1;;+2/p-1. The predicted octanol–water partition coefficient (Wildman–Crippen LogP) is -0.340. The van der Waals surface area contributed by atoms with Gasteiger partial charge in [-0.25, -0.2) is 0 Å². The van der Waals surface area contributed by atoms with Crippen molar-refractivity contribution in [2.45, 2.75) is 39.5 Å². The van der Waals surface area contributed by atoms with Gasteiger partial charge in [0, 0.05) is 0 Å². The van der Waals surface area contributed by atoms with E-state index in [4.69, 9.17) is 0 Å². The van der Waals surface area contributed by atoms with Crippen LogP contribution in [0.25, 0.3) is 0 Å². The Kier molecular flexibility index (Phi) is 57.0. The molecule has 0 amide bonds. The Labute approximate surface area is 86.7 Å². The Bertz CT molecular complexity index is 20.9. The molecule has 0 radical (unpaired) electrons. The number of hydrogen-bond donors (Lipinski definition) is 0. The molecule has 54 valence electrons. The first-order chi connectivity index (χ1) is 2.91. The summed E-state index contributed by atoms with van der Waals surface area (Å²) in [7, 11) is 0. The van der Waals surface area contributed by atoms with Crippen LogP contribution in [0.3, 0.4) is 0 Å². The number of unbranched alkanes of at least 4 members (excludes halogenated alkanes) is 3. The Hall–Kier alpha value is 1.25. The van der Waals surface area contributed by atoms with Crippen LogP contribution in [-0.4, -0.2) is 23.1 Å². The fraction of sp³-hybridized carbons (Fsp3) is 0.857. The van der Waals surface area contributed by atoms with E-state index in [9.17, 15) is 0 Å². The molecular weight excluding hydrogens is 188 g/mol. The van der Waals surface area contributed by atoms with Crippen molar-refractivity contribution in [2.24, 2.45) is 0 Å². The van der Waals surface area contributed by atoms with Crippen molar-refractivity contribution in [3.63, 3.8) is 0 Å². The maximum absolute atomic E-state index is 2.23. The van der Waals surface area contributed by atoms with E-state index < -0.39 is 0 Å². The van der Waals surface area contributed by atoms with E-state index in [0.717, 1.165) is 0 Å². The van der Waals surface area contributed by atoms with E-state index in [1.807, 2.05) is 0 Å². The van der Waals surface area contributed by atoms with Gasteiger partial charge >= 0.3 is 23.1 Å². The van der Waals surface area contributed by atoms with Crippen molar-refractivity contribution >= 4 is 23.1 Å². The molecule has 0 aliphatic rings. The van der Waals surface area contributed by atoms with Gasteiger partial charge in [-0.3, -0.25) is 0 Å². The van der Waals surface area contributed by atoms with Crippen LogP contribution in [0.1, 0.15) is 39.5 Å². The molecule has 0 N–H and O–H groups in total. The monoisotopic (exact) mass is 204 g/mol. The normalized spacial score (nSPS) is 6.00. The molecule has 0 fully saturated rings. The van der Waals surface area contributed by atoms with Crippen molar-refractivity contribution in [2.75, 3.05) is 0 Å². The summed E-state index contributed by atoms with van der Waals surface area (Å²) in [6.45, 7) is 4.46. The number of hydrogen-bond acceptors (Lipinski definition) is 0. The van der Waals surface area contributed by atoms with Crippen molar-refractivity contribution in [1.82, 2.24) is 0 Å². The van der Waals surface area contributed by atoms with Crippen LogP contribution in [-0.2, 0) is 0 Å². The predicted molar refractivity (Wildman–Crippen MR) is 42.0 cm³/mol. The van der Waals surface area contributed by atoms with Crippen molar-refractivity contribution in [1.29, 1.82) is 0 Å². The molecule has 0 aromatic carbocycles. The summed E-state index contributed by atoms with van der Waals surface area (Å²) in [6, 6.07) is 0. The van der Waals surface area contributed by atoms with Crippen molar-refractivity contribution in [3.05, 3.63) is 7.43 Å². The first-order valence-electron chi connectivity index (χ1n) is 2.91. The second-order valence-electron chi connectivity index (χ2n) is 1.71. The van der Waals surface area contributed by atoms with Gasteiger partial charge in [0.15, 0.2) is 0 Å². The molecule has 0 rings (SSSR count). The van der Waals surface area contributed by atoms with E-state index in [0.29, 0.717) is 0 Å². The zero-order valence-electron chi connectivity index (χ0n) is 6.91. The van der Waals surface area contributed by atoms with Gasteiger partial charge in [-0.2, -0.15) is 0 Å². The van der Waals surface area contributed by atoms with E-state index >= 15 is 0 Å². The Morgan fingerprint density at radius 3 is 1.22 bits per heavy atom. The van der Waals surface area contributed by atoms with E-state index in [1.54, 1.807) is 0 Å². The van der Waals surface area contributed by atoms with E-state index in [2.05, 4.69) is 13.8 Å². The quantitative estimate of drug-likeness (QED) is 0.336. The molecule has 0 unspecified atom stereocenters. The summed E-state index contributed by atoms with van der Waals surface area (Å²) < 4.78 is 0. The Morgan fingerprint density at radius 2 is 1.11 bits per heavy atom. The number of rotatable bonds is 3. The van der Waals surface area contributed by atoms with Crippen LogP contribution in [0.2, 0.25) is 0 Å². The summed E-state index contributed by atoms with van der Waals surface area (Å²) in [6.07, 6.45) is 5.54. The minimum atomic E-state index is 0. The first kappa shape index (κ1) is 22.5. The molecule has 0 nitrogen and oxygen atoms in total. The molecule has 9 heavy (non-hydrogen) atoms. The molecule has 0 spiro atoms. The van der Waals surface area contributed by atoms with Gasteiger partial charge in [0.25, 0.3) is 0 Å². The average Bonchev–Trinajstić information content (AvgIpc) is 1.61. The van der Waals surface area contributed by atoms with Gasteiger partial charge < -0.3 is 24.4 Å². The Balaban J connectivity index is -0.0000000417. The topological polar surface area (TPSA) is 0 Å².